The number of nitrogens with one attached hydrogen (secondary N) is 1. The Morgan fingerprint density at radius 2 is 2.26 bits per heavy atom. The van der Waals surface area contributed by atoms with Gasteiger partial charge in [-0.25, -0.2) is 0 Å². The van der Waals surface area contributed by atoms with Crippen LogP contribution in [0.5, 0.6) is 0 Å². The first-order chi connectivity index (χ1) is 9.40. The van der Waals surface area contributed by atoms with Gasteiger partial charge in [0.15, 0.2) is 11.5 Å². The van der Waals surface area contributed by atoms with Crippen LogP contribution in [0, 0.1) is 5.92 Å². The molecule has 2 aliphatic rings. The largest absolute Gasteiger partial charge is 0.355 e. The van der Waals surface area contributed by atoms with Crippen molar-refractivity contribution in [1.82, 2.24) is 30.6 Å². The Balaban J connectivity index is 1.58. The minimum atomic E-state index is 0.693. The molecule has 2 fully saturated rings. The Bertz CT molecular complexity index is 580. The standard InChI is InChI=1S/C12H17N7/c1-2-9-8-18(7-5-10(9)13-6-1)12-4-3-11-14-16-17-19(11)15-12/h3-4,9-10,13H,1-2,5-8H2. The van der Waals surface area contributed by atoms with E-state index in [9.17, 15) is 0 Å². The Morgan fingerprint density at radius 1 is 1.26 bits per heavy atom. The molecule has 7 nitrogen and oxygen atoms in total. The van der Waals surface area contributed by atoms with Crippen molar-refractivity contribution >= 4 is 11.5 Å². The summed E-state index contributed by atoms with van der Waals surface area (Å²) in [5.41, 5.74) is 0.693. The minimum absolute atomic E-state index is 0.693. The van der Waals surface area contributed by atoms with Gasteiger partial charge >= 0.3 is 0 Å². The molecule has 2 aromatic heterocycles. The van der Waals surface area contributed by atoms with Crippen LogP contribution in [0.1, 0.15) is 19.3 Å². The van der Waals surface area contributed by atoms with Crippen LogP contribution >= 0.6 is 0 Å². The lowest BCUT2D eigenvalue weighted by atomic mass is 9.85. The molecule has 0 bridgehead atoms. The van der Waals surface area contributed by atoms with E-state index in [0.29, 0.717) is 11.7 Å². The number of fused-ring (bicyclic) bond motifs is 2. The van der Waals surface area contributed by atoms with Crippen LogP contribution in [0.2, 0.25) is 0 Å². The summed E-state index contributed by atoms with van der Waals surface area (Å²) in [6.07, 6.45) is 3.80. The fourth-order valence-electron chi connectivity index (χ4n) is 3.26. The Hall–Kier alpha value is -1.76. The number of tetrazole rings is 1. The Labute approximate surface area is 111 Å². The monoisotopic (exact) mass is 259 g/mol. The summed E-state index contributed by atoms with van der Waals surface area (Å²) in [5.74, 6) is 1.72. The highest BCUT2D eigenvalue weighted by Gasteiger charge is 2.31. The predicted molar refractivity (Wildman–Crippen MR) is 69.9 cm³/mol. The lowest BCUT2D eigenvalue weighted by molar-refractivity contribution is 0.243. The van der Waals surface area contributed by atoms with Gasteiger partial charge in [0.25, 0.3) is 0 Å². The second-order valence-electron chi connectivity index (χ2n) is 5.42. The molecule has 4 heterocycles. The van der Waals surface area contributed by atoms with Gasteiger partial charge in [-0.15, -0.1) is 14.8 Å². The van der Waals surface area contributed by atoms with Gasteiger partial charge < -0.3 is 10.2 Å². The van der Waals surface area contributed by atoms with E-state index in [2.05, 4.69) is 30.8 Å². The quantitative estimate of drug-likeness (QED) is 0.783. The van der Waals surface area contributed by atoms with Gasteiger partial charge in [-0.05, 0) is 54.3 Å². The molecular weight excluding hydrogens is 242 g/mol. The molecule has 2 aliphatic heterocycles. The summed E-state index contributed by atoms with van der Waals surface area (Å²) < 4.78 is 1.50. The summed E-state index contributed by atoms with van der Waals surface area (Å²) in [5, 5.41) is 19.5. The summed E-state index contributed by atoms with van der Waals surface area (Å²) >= 11 is 0. The molecule has 2 unspecified atom stereocenters. The van der Waals surface area contributed by atoms with Gasteiger partial charge in [0.05, 0.1) is 0 Å². The van der Waals surface area contributed by atoms with Gasteiger partial charge in [-0.1, -0.05) is 0 Å². The van der Waals surface area contributed by atoms with Gasteiger partial charge in [0.2, 0.25) is 0 Å². The highest BCUT2D eigenvalue weighted by Crippen LogP contribution is 2.27. The smallest absolute Gasteiger partial charge is 0.200 e. The molecule has 2 atom stereocenters. The van der Waals surface area contributed by atoms with Crippen molar-refractivity contribution < 1.29 is 0 Å². The number of hydrogen-bond donors (Lipinski definition) is 1. The van der Waals surface area contributed by atoms with Crippen molar-refractivity contribution in [2.75, 3.05) is 24.5 Å². The number of aromatic nitrogens is 5. The van der Waals surface area contributed by atoms with E-state index >= 15 is 0 Å². The number of hydrogen-bond acceptors (Lipinski definition) is 6. The molecule has 19 heavy (non-hydrogen) atoms. The summed E-state index contributed by atoms with van der Waals surface area (Å²) in [7, 11) is 0. The molecule has 7 heteroatoms. The maximum atomic E-state index is 4.48. The van der Waals surface area contributed by atoms with E-state index in [-0.39, 0.29) is 0 Å². The maximum Gasteiger partial charge on any atom is 0.200 e. The predicted octanol–water partition coefficient (Wildman–Crippen LogP) is 0.0976. The minimum Gasteiger partial charge on any atom is -0.355 e. The summed E-state index contributed by atoms with van der Waals surface area (Å²) in [4.78, 5) is 2.36. The fraction of sp³-hybridized carbons (Fsp3) is 0.667. The molecule has 0 saturated carbocycles. The number of piperidine rings is 2. The lowest BCUT2D eigenvalue weighted by Gasteiger charge is -2.42. The summed E-state index contributed by atoms with van der Waals surface area (Å²) in [6.45, 7) is 3.31. The highest BCUT2D eigenvalue weighted by atomic mass is 15.6. The number of nitrogens with zero attached hydrogens (tertiary/aromatic N) is 6. The van der Waals surface area contributed by atoms with Gasteiger partial charge in [0, 0.05) is 19.1 Å². The van der Waals surface area contributed by atoms with Gasteiger partial charge in [0.1, 0.15) is 0 Å². The third-order valence-corrected chi connectivity index (χ3v) is 4.27. The van der Waals surface area contributed by atoms with Crippen LogP contribution in [0.3, 0.4) is 0 Å². The first-order valence-corrected chi connectivity index (χ1v) is 6.94. The zero-order valence-electron chi connectivity index (χ0n) is 10.7. The van der Waals surface area contributed by atoms with Crippen molar-refractivity contribution in [3.8, 4) is 0 Å². The van der Waals surface area contributed by atoms with E-state index in [4.69, 9.17) is 0 Å². The summed E-state index contributed by atoms with van der Waals surface area (Å²) in [6, 6.07) is 4.64. The molecule has 2 saturated heterocycles. The van der Waals surface area contributed by atoms with E-state index in [1.165, 1.54) is 30.4 Å². The first kappa shape index (κ1) is 11.1. The number of anilines is 1. The SMILES string of the molecule is c1cc2nnnn2nc1N1CCC2NCCCC2C1. The zero-order chi connectivity index (χ0) is 12.7. The van der Waals surface area contributed by atoms with E-state index < -0.39 is 0 Å². The maximum absolute atomic E-state index is 4.48. The molecular formula is C12H17N7. The molecule has 0 aromatic carbocycles. The van der Waals surface area contributed by atoms with E-state index in [0.717, 1.165) is 24.8 Å². The number of rotatable bonds is 1. The Kier molecular flexibility index (Phi) is 2.58. The average Bonchev–Trinajstić information content (AvgIpc) is 2.94. The topological polar surface area (TPSA) is 71.2 Å². The average molecular weight is 259 g/mol. The Morgan fingerprint density at radius 3 is 3.26 bits per heavy atom. The fourth-order valence-corrected chi connectivity index (χ4v) is 3.26. The molecule has 0 spiro atoms. The van der Waals surface area contributed by atoms with Gasteiger partial charge in [-0.3, -0.25) is 0 Å². The van der Waals surface area contributed by atoms with Crippen LogP contribution in [-0.4, -0.2) is 50.9 Å². The van der Waals surface area contributed by atoms with Crippen LogP contribution in [0.25, 0.3) is 5.65 Å². The van der Waals surface area contributed by atoms with Crippen LogP contribution in [-0.2, 0) is 0 Å². The third kappa shape index (κ3) is 1.94. The van der Waals surface area contributed by atoms with Gasteiger partial charge in [-0.2, -0.15) is 0 Å². The second-order valence-corrected chi connectivity index (χ2v) is 5.42. The van der Waals surface area contributed by atoms with Crippen molar-refractivity contribution in [1.29, 1.82) is 0 Å². The molecule has 2 aromatic rings. The molecule has 100 valence electrons. The molecule has 0 aliphatic carbocycles. The van der Waals surface area contributed by atoms with Crippen molar-refractivity contribution in [3.63, 3.8) is 0 Å². The molecule has 1 N–H and O–H groups in total. The van der Waals surface area contributed by atoms with Crippen LogP contribution in [0.15, 0.2) is 12.1 Å². The normalized spacial score (nSPS) is 27.5. The molecule has 4 rings (SSSR count). The van der Waals surface area contributed by atoms with Crippen LogP contribution in [0.4, 0.5) is 5.82 Å². The van der Waals surface area contributed by atoms with Crippen molar-refractivity contribution in [3.05, 3.63) is 12.1 Å². The molecule has 0 amide bonds. The van der Waals surface area contributed by atoms with Crippen molar-refractivity contribution in [2.24, 2.45) is 5.92 Å². The first-order valence-electron chi connectivity index (χ1n) is 6.94. The second kappa shape index (κ2) is 4.41. The lowest BCUT2D eigenvalue weighted by Crippen LogP contribution is -2.52. The van der Waals surface area contributed by atoms with E-state index in [1.807, 2.05) is 12.1 Å². The highest BCUT2D eigenvalue weighted by molar-refractivity contribution is 5.44. The zero-order valence-corrected chi connectivity index (χ0v) is 10.7. The van der Waals surface area contributed by atoms with E-state index in [1.54, 1.807) is 0 Å². The van der Waals surface area contributed by atoms with Crippen LogP contribution < -0.4 is 10.2 Å². The third-order valence-electron chi connectivity index (χ3n) is 4.27. The molecule has 0 radical (unpaired) electrons. The van der Waals surface area contributed by atoms with Crippen molar-refractivity contribution in [2.45, 2.75) is 25.3 Å².